The zero-order valence-corrected chi connectivity index (χ0v) is 20.5. The van der Waals surface area contributed by atoms with E-state index in [9.17, 15) is 14.4 Å². The summed E-state index contributed by atoms with van der Waals surface area (Å²) in [5, 5.41) is 3.73. The number of carbonyl (C=O) groups is 3. The van der Waals surface area contributed by atoms with Gasteiger partial charge in [0.2, 0.25) is 5.91 Å². The van der Waals surface area contributed by atoms with E-state index in [1.54, 1.807) is 20.8 Å². The molecule has 1 aromatic heterocycles. The molecule has 2 amide bonds. The van der Waals surface area contributed by atoms with Gasteiger partial charge in [-0.15, -0.1) is 0 Å². The number of aromatic amines is 1. The molecule has 35 heavy (non-hydrogen) atoms. The van der Waals surface area contributed by atoms with Gasteiger partial charge in [-0.25, -0.2) is 9.59 Å². The zero-order chi connectivity index (χ0) is 25.2. The van der Waals surface area contributed by atoms with Gasteiger partial charge in [0.25, 0.3) is 0 Å². The summed E-state index contributed by atoms with van der Waals surface area (Å²) < 4.78 is 10.5. The van der Waals surface area contributed by atoms with Gasteiger partial charge in [0.1, 0.15) is 17.7 Å². The molecule has 0 bridgehead atoms. The maximum absolute atomic E-state index is 13.8. The van der Waals surface area contributed by atoms with Gasteiger partial charge in [-0.3, -0.25) is 4.79 Å². The van der Waals surface area contributed by atoms with Gasteiger partial charge in [0, 0.05) is 29.4 Å². The van der Waals surface area contributed by atoms with E-state index in [2.05, 4.69) is 10.3 Å². The summed E-state index contributed by atoms with van der Waals surface area (Å²) in [7, 11) is 1.31. The molecule has 4 rings (SSSR count). The maximum Gasteiger partial charge on any atom is 0.408 e. The molecule has 184 valence electrons. The Bertz CT molecular complexity index is 1230. The monoisotopic (exact) mass is 477 g/mol. The standard InChI is InChI=1S/C27H31N3O5/c1-27(2,3)35-26(33)29-21-15-19-18-12-8-9-13-20(18)28-22(19)16-30(24(21)31)23(25(32)34-4)14-17-10-6-5-7-11-17/h5-13,21,23,28H,14-16H2,1-4H3,(H,29,33)/t21-,23-/m0/s1. The number of carbonyl (C=O) groups excluding carboxylic acids is 3. The summed E-state index contributed by atoms with van der Waals surface area (Å²) in [5.41, 5.74) is 2.87. The number of para-hydroxylation sites is 1. The van der Waals surface area contributed by atoms with Crippen LogP contribution in [0, 0.1) is 0 Å². The summed E-state index contributed by atoms with van der Waals surface area (Å²) in [6, 6.07) is 15.5. The van der Waals surface area contributed by atoms with Crippen molar-refractivity contribution in [3.63, 3.8) is 0 Å². The number of hydrogen-bond donors (Lipinski definition) is 2. The normalized spacial score (nSPS) is 16.9. The molecule has 0 saturated heterocycles. The summed E-state index contributed by atoms with van der Waals surface area (Å²) >= 11 is 0. The molecule has 0 aliphatic carbocycles. The van der Waals surface area contributed by atoms with Crippen LogP contribution in [-0.2, 0) is 38.4 Å². The van der Waals surface area contributed by atoms with Crippen LogP contribution < -0.4 is 5.32 Å². The average Bonchev–Trinajstić information content (AvgIpc) is 3.10. The van der Waals surface area contributed by atoms with E-state index in [-0.39, 0.29) is 25.3 Å². The van der Waals surface area contributed by atoms with Crippen LogP contribution in [0.2, 0.25) is 0 Å². The van der Waals surface area contributed by atoms with Crippen molar-refractivity contribution in [1.82, 2.24) is 15.2 Å². The second-order valence-corrected chi connectivity index (χ2v) is 9.73. The number of amides is 2. The van der Waals surface area contributed by atoms with Gasteiger partial charge in [-0.1, -0.05) is 48.5 Å². The number of nitrogens with zero attached hydrogens (tertiary/aromatic N) is 1. The third-order valence-corrected chi connectivity index (χ3v) is 6.03. The van der Waals surface area contributed by atoms with Gasteiger partial charge in [-0.2, -0.15) is 0 Å². The topological polar surface area (TPSA) is 101 Å². The molecular weight excluding hydrogens is 446 g/mol. The highest BCUT2D eigenvalue weighted by molar-refractivity contribution is 5.93. The Morgan fingerprint density at radius 3 is 2.49 bits per heavy atom. The third kappa shape index (κ3) is 5.48. The second kappa shape index (κ2) is 9.82. The first kappa shape index (κ1) is 24.3. The van der Waals surface area contributed by atoms with Crippen molar-refractivity contribution in [2.45, 2.75) is 57.8 Å². The fourth-order valence-corrected chi connectivity index (χ4v) is 4.48. The molecule has 0 unspecified atom stereocenters. The van der Waals surface area contributed by atoms with Crippen molar-refractivity contribution in [2.75, 3.05) is 7.11 Å². The van der Waals surface area contributed by atoms with Crippen molar-refractivity contribution >= 4 is 28.9 Å². The molecule has 1 aliphatic rings. The lowest BCUT2D eigenvalue weighted by atomic mass is 10.0. The number of ether oxygens (including phenoxy) is 2. The van der Waals surface area contributed by atoms with Crippen molar-refractivity contribution in [3.8, 4) is 0 Å². The molecule has 2 aromatic carbocycles. The lowest BCUT2D eigenvalue weighted by Gasteiger charge is -2.31. The molecule has 0 fully saturated rings. The fraction of sp³-hybridized carbons (Fsp3) is 0.370. The van der Waals surface area contributed by atoms with Gasteiger partial charge >= 0.3 is 12.1 Å². The van der Waals surface area contributed by atoms with Gasteiger partial charge in [0.15, 0.2) is 0 Å². The van der Waals surface area contributed by atoms with E-state index < -0.39 is 29.7 Å². The van der Waals surface area contributed by atoms with Crippen LogP contribution in [0.25, 0.3) is 10.9 Å². The number of esters is 1. The Morgan fingerprint density at radius 2 is 1.80 bits per heavy atom. The molecule has 2 N–H and O–H groups in total. The Labute approximate surface area is 204 Å². The molecule has 0 spiro atoms. The third-order valence-electron chi connectivity index (χ3n) is 6.03. The van der Waals surface area contributed by atoms with Crippen molar-refractivity contribution < 1.29 is 23.9 Å². The smallest absolute Gasteiger partial charge is 0.408 e. The Balaban J connectivity index is 1.75. The number of methoxy groups -OCH3 is 1. The van der Waals surface area contributed by atoms with Gasteiger partial charge < -0.3 is 24.7 Å². The Morgan fingerprint density at radius 1 is 1.11 bits per heavy atom. The molecule has 8 heteroatoms. The fourth-order valence-electron chi connectivity index (χ4n) is 4.48. The van der Waals surface area contributed by atoms with Crippen LogP contribution in [0.5, 0.6) is 0 Å². The van der Waals surface area contributed by atoms with Gasteiger partial charge in [-0.05, 0) is 38.0 Å². The SMILES string of the molecule is COC(=O)[C@H](Cc1ccccc1)N1Cc2[nH]c3ccccc3c2C[C@H](NC(=O)OC(C)(C)C)C1=O. The lowest BCUT2D eigenvalue weighted by Crippen LogP contribution is -2.54. The highest BCUT2D eigenvalue weighted by Crippen LogP contribution is 2.29. The van der Waals surface area contributed by atoms with Crippen LogP contribution in [0.3, 0.4) is 0 Å². The largest absolute Gasteiger partial charge is 0.467 e. The summed E-state index contributed by atoms with van der Waals surface area (Å²) in [5.74, 6) is -0.881. The average molecular weight is 478 g/mol. The van der Waals surface area contributed by atoms with E-state index in [1.807, 2.05) is 54.6 Å². The number of alkyl carbamates (subject to hydrolysis) is 1. The Hall–Kier alpha value is -3.81. The number of nitrogens with one attached hydrogen (secondary N) is 2. The van der Waals surface area contributed by atoms with Crippen LogP contribution >= 0.6 is 0 Å². The molecule has 0 saturated carbocycles. The molecule has 1 aliphatic heterocycles. The number of fused-ring (bicyclic) bond motifs is 3. The first-order valence-corrected chi connectivity index (χ1v) is 11.7. The zero-order valence-electron chi connectivity index (χ0n) is 20.5. The highest BCUT2D eigenvalue weighted by atomic mass is 16.6. The minimum atomic E-state index is -0.909. The predicted molar refractivity (Wildman–Crippen MR) is 132 cm³/mol. The summed E-state index contributed by atoms with van der Waals surface area (Å²) in [6.07, 6.45) is -0.127. The number of benzene rings is 2. The van der Waals surface area contributed by atoms with E-state index in [4.69, 9.17) is 9.47 Å². The molecule has 3 aromatic rings. The van der Waals surface area contributed by atoms with Crippen molar-refractivity contribution in [2.24, 2.45) is 0 Å². The molecule has 2 atom stereocenters. The number of aromatic nitrogens is 1. The highest BCUT2D eigenvalue weighted by Gasteiger charge is 2.39. The first-order chi connectivity index (χ1) is 16.7. The summed E-state index contributed by atoms with van der Waals surface area (Å²) in [6.45, 7) is 5.47. The minimum Gasteiger partial charge on any atom is -0.467 e. The van der Waals surface area contributed by atoms with Crippen LogP contribution in [0.1, 0.15) is 37.6 Å². The molecular formula is C27H31N3O5. The van der Waals surface area contributed by atoms with E-state index in [0.717, 1.165) is 27.7 Å². The van der Waals surface area contributed by atoms with Crippen LogP contribution in [-0.4, -0.2) is 52.6 Å². The molecule has 2 heterocycles. The first-order valence-electron chi connectivity index (χ1n) is 11.7. The van der Waals surface area contributed by atoms with E-state index in [1.165, 1.54) is 12.0 Å². The summed E-state index contributed by atoms with van der Waals surface area (Å²) in [4.78, 5) is 44.3. The van der Waals surface area contributed by atoms with Crippen LogP contribution in [0.4, 0.5) is 4.79 Å². The van der Waals surface area contributed by atoms with Crippen molar-refractivity contribution in [3.05, 3.63) is 71.4 Å². The van der Waals surface area contributed by atoms with Gasteiger partial charge in [0.05, 0.1) is 13.7 Å². The predicted octanol–water partition coefficient (Wildman–Crippen LogP) is 3.73. The molecule has 0 radical (unpaired) electrons. The van der Waals surface area contributed by atoms with E-state index in [0.29, 0.717) is 0 Å². The molecule has 8 nitrogen and oxygen atoms in total. The minimum absolute atomic E-state index is 0.182. The number of rotatable bonds is 5. The number of H-pyrrole nitrogens is 1. The van der Waals surface area contributed by atoms with E-state index >= 15 is 0 Å². The van der Waals surface area contributed by atoms with Crippen molar-refractivity contribution in [1.29, 1.82) is 0 Å². The second-order valence-electron chi connectivity index (χ2n) is 9.73. The quantitative estimate of drug-likeness (QED) is 0.546. The maximum atomic E-state index is 13.8. The van der Waals surface area contributed by atoms with Crippen LogP contribution in [0.15, 0.2) is 54.6 Å². The number of hydrogen-bond acceptors (Lipinski definition) is 5. The Kier molecular flexibility index (Phi) is 6.82. The lowest BCUT2D eigenvalue weighted by molar-refractivity contribution is -0.154.